The molecule has 0 unspecified atom stereocenters. The summed E-state index contributed by atoms with van der Waals surface area (Å²) in [6, 6.07) is 4.99. The lowest BCUT2D eigenvalue weighted by Crippen LogP contribution is -2.00. The highest BCUT2D eigenvalue weighted by atomic mass is 79.9. The molecular formula is C10H9BrClF3S. The molecule has 0 aliphatic rings. The van der Waals surface area contributed by atoms with E-state index in [0.29, 0.717) is 16.8 Å². The predicted molar refractivity (Wildman–Crippen MR) is 65.1 cm³/mol. The molecule has 1 rings (SSSR count). The van der Waals surface area contributed by atoms with Gasteiger partial charge in [-0.3, -0.25) is 0 Å². The number of rotatable bonds is 4. The minimum atomic E-state index is -4.26. The third kappa shape index (κ3) is 4.97. The van der Waals surface area contributed by atoms with Crippen molar-refractivity contribution in [2.45, 2.75) is 23.2 Å². The molecule has 1 aromatic rings. The van der Waals surface area contributed by atoms with Crippen LogP contribution in [-0.4, -0.2) is 11.4 Å². The predicted octanol–water partition coefficient (Wildman–Crippen LogP) is 5.23. The van der Waals surface area contributed by atoms with Crippen molar-refractivity contribution in [3.05, 3.63) is 28.2 Å². The third-order valence-electron chi connectivity index (χ3n) is 1.82. The van der Waals surface area contributed by atoms with E-state index in [1.54, 1.807) is 18.2 Å². The Labute approximate surface area is 110 Å². The van der Waals surface area contributed by atoms with Crippen molar-refractivity contribution in [1.82, 2.24) is 0 Å². The Morgan fingerprint density at radius 2 is 2.00 bits per heavy atom. The Hall–Kier alpha value is 0.130. The first kappa shape index (κ1) is 14.2. The fourth-order valence-electron chi connectivity index (χ4n) is 1.18. The zero-order valence-corrected chi connectivity index (χ0v) is 11.3. The van der Waals surface area contributed by atoms with E-state index in [1.165, 1.54) is 0 Å². The van der Waals surface area contributed by atoms with Crippen LogP contribution in [0.4, 0.5) is 13.2 Å². The van der Waals surface area contributed by atoms with E-state index in [-0.39, 0.29) is 16.7 Å². The summed E-state index contributed by atoms with van der Waals surface area (Å²) in [7, 11) is 0. The van der Waals surface area contributed by atoms with Gasteiger partial charge in [0.05, 0.1) is 0 Å². The molecule has 0 nitrogen and oxygen atoms in total. The molecule has 0 fully saturated rings. The zero-order chi connectivity index (χ0) is 12.2. The summed E-state index contributed by atoms with van der Waals surface area (Å²) in [5.41, 5.74) is -3.39. The van der Waals surface area contributed by atoms with Crippen LogP contribution in [0.5, 0.6) is 0 Å². The van der Waals surface area contributed by atoms with E-state index in [0.717, 1.165) is 12.0 Å². The first-order chi connectivity index (χ1) is 7.42. The topological polar surface area (TPSA) is 0 Å². The van der Waals surface area contributed by atoms with Crippen LogP contribution in [0.15, 0.2) is 27.6 Å². The summed E-state index contributed by atoms with van der Waals surface area (Å²) >= 11 is 8.53. The fourth-order valence-corrected chi connectivity index (χ4v) is 2.43. The number of hydrogen-bond donors (Lipinski definition) is 0. The third-order valence-corrected chi connectivity index (χ3v) is 3.83. The van der Waals surface area contributed by atoms with Crippen molar-refractivity contribution in [2.75, 3.05) is 5.88 Å². The Balaban J connectivity index is 2.82. The molecule has 0 heterocycles. The first-order valence-electron chi connectivity index (χ1n) is 4.52. The highest BCUT2D eigenvalue weighted by Crippen LogP contribution is 2.40. The largest absolute Gasteiger partial charge is 0.446 e. The van der Waals surface area contributed by atoms with E-state index >= 15 is 0 Å². The molecule has 90 valence electrons. The van der Waals surface area contributed by atoms with E-state index in [4.69, 9.17) is 11.6 Å². The van der Waals surface area contributed by atoms with Crippen molar-refractivity contribution in [2.24, 2.45) is 0 Å². The van der Waals surface area contributed by atoms with E-state index in [1.807, 2.05) is 0 Å². The van der Waals surface area contributed by atoms with Crippen molar-refractivity contribution in [1.29, 1.82) is 0 Å². The highest BCUT2D eigenvalue weighted by molar-refractivity contribution is 9.10. The van der Waals surface area contributed by atoms with Crippen LogP contribution in [0.25, 0.3) is 0 Å². The summed E-state index contributed by atoms with van der Waals surface area (Å²) in [6.07, 6.45) is 1.46. The Morgan fingerprint density at radius 3 is 2.56 bits per heavy atom. The van der Waals surface area contributed by atoms with E-state index in [9.17, 15) is 13.2 Å². The summed E-state index contributed by atoms with van der Waals surface area (Å²) in [4.78, 5) is 0.194. The Morgan fingerprint density at radius 1 is 1.31 bits per heavy atom. The van der Waals surface area contributed by atoms with Gasteiger partial charge < -0.3 is 0 Å². The molecule has 0 spiro atoms. The molecule has 0 aliphatic carbocycles. The average Bonchev–Trinajstić information content (AvgIpc) is 2.17. The van der Waals surface area contributed by atoms with Gasteiger partial charge in [-0.05, 0) is 58.2 Å². The number of aryl methyl sites for hydroxylation is 1. The van der Waals surface area contributed by atoms with Gasteiger partial charge in [-0.2, -0.15) is 13.2 Å². The first-order valence-corrected chi connectivity index (χ1v) is 6.67. The normalized spacial score (nSPS) is 11.8. The molecule has 0 N–H and O–H groups in total. The number of halogens is 5. The molecule has 0 saturated carbocycles. The second kappa shape index (κ2) is 6.17. The van der Waals surface area contributed by atoms with Crippen LogP contribution in [0.1, 0.15) is 12.0 Å². The number of thioether (sulfide) groups is 1. The SMILES string of the molecule is FC(F)(F)Sc1cc(CCCCl)ccc1Br. The van der Waals surface area contributed by atoms with Gasteiger partial charge in [0, 0.05) is 15.2 Å². The molecule has 0 radical (unpaired) electrons. The van der Waals surface area contributed by atoms with Gasteiger partial charge in [0.1, 0.15) is 0 Å². The monoisotopic (exact) mass is 332 g/mol. The standard InChI is InChI=1S/C10H9BrClF3S/c11-8-4-3-7(2-1-5-12)6-9(8)16-10(13,14)15/h3-4,6H,1-2,5H2. The maximum absolute atomic E-state index is 12.2. The molecule has 0 amide bonds. The highest BCUT2D eigenvalue weighted by Gasteiger charge is 2.30. The van der Waals surface area contributed by atoms with Crippen LogP contribution in [0.2, 0.25) is 0 Å². The van der Waals surface area contributed by atoms with Crippen molar-refractivity contribution < 1.29 is 13.2 Å². The molecule has 0 bridgehead atoms. The second-order valence-electron chi connectivity index (χ2n) is 3.11. The molecule has 0 aliphatic heterocycles. The minimum absolute atomic E-state index is 0.105. The van der Waals surface area contributed by atoms with Crippen molar-refractivity contribution in [3.8, 4) is 0 Å². The maximum atomic E-state index is 12.2. The maximum Gasteiger partial charge on any atom is 0.446 e. The van der Waals surface area contributed by atoms with E-state index in [2.05, 4.69) is 15.9 Å². The van der Waals surface area contributed by atoms with Gasteiger partial charge in [-0.25, -0.2) is 0 Å². The Bertz CT molecular complexity index is 354. The Kier molecular flexibility index (Phi) is 5.47. The van der Waals surface area contributed by atoms with Gasteiger partial charge >= 0.3 is 5.51 Å². The lowest BCUT2D eigenvalue weighted by atomic mass is 10.1. The number of alkyl halides is 4. The van der Waals surface area contributed by atoms with Crippen LogP contribution in [-0.2, 0) is 6.42 Å². The number of benzene rings is 1. The lowest BCUT2D eigenvalue weighted by Gasteiger charge is -2.09. The van der Waals surface area contributed by atoms with E-state index < -0.39 is 5.51 Å². The van der Waals surface area contributed by atoms with Gasteiger partial charge in [-0.1, -0.05) is 6.07 Å². The summed E-state index contributed by atoms with van der Waals surface area (Å²) < 4.78 is 37.1. The summed E-state index contributed by atoms with van der Waals surface area (Å²) in [6.45, 7) is 0. The van der Waals surface area contributed by atoms with Crippen LogP contribution in [0.3, 0.4) is 0 Å². The van der Waals surface area contributed by atoms with Crippen molar-refractivity contribution >= 4 is 39.3 Å². The minimum Gasteiger partial charge on any atom is -0.160 e. The lowest BCUT2D eigenvalue weighted by molar-refractivity contribution is -0.0328. The molecule has 0 atom stereocenters. The zero-order valence-electron chi connectivity index (χ0n) is 8.15. The quantitative estimate of drug-likeness (QED) is 0.537. The summed E-state index contributed by atoms with van der Waals surface area (Å²) in [5, 5.41) is 0. The summed E-state index contributed by atoms with van der Waals surface area (Å²) in [5.74, 6) is 0.512. The van der Waals surface area contributed by atoms with Gasteiger partial charge in [0.2, 0.25) is 0 Å². The van der Waals surface area contributed by atoms with Crippen LogP contribution in [0, 0.1) is 0 Å². The fraction of sp³-hybridized carbons (Fsp3) is 0.400. The van der Waals surface area contributed by atoms with Crippen LogP contribution >= 0.6 is 39.3 Å². The van der Waals surface area contributed by atoms with Gasteiger partial charge in [0.15, 0.2) is 0 Å². The molecule has 0 saturated heterocycles. The number of hydrogen-bond acceptors (Lipinski definition) is 1. The van der Waals surface area contributed by atoms with Crippen LogP contribution < -0.4 is 0 Å². The average molecular weight is 334 g/mol. The van der Waals surface area contributed by atoms with Gasteiger partial charge in [0.25, 0.3) is 0 Å². The molecule has 16 heavy (non-hydrogen) atoms. The smallest absolute Gasteiger partial charge is 0.160 e. The molecule has 1 aromatic carbocycles. The second-order valence-corrected chi connectivity index (χ2v) is 5.44. The molecular weight excluding hydrogens is 325 g/mol. The van der Waals surface area contributed by atoms with Crippen molar-refractivity contribution in [3.63, 3.8) is 0 Å². The molecule has 0 aromatic heterocycles. The van der Waals surface area contributed by atoms with Gasteiger partial charge in [-0.15, -0.1) is 11.6 Å². The molecule has 6 heteroatoms.